The van der Waals surface area contributed by atoms with Crippen LogP contribution in [0.25, 0.3) is 0 Å². The molecule has 0 aliphatic rings. The van der Waals surface area contributed by atoms with E-state index in [9.17, 15) is 9.59 Å². The van der Waals surface area contributed by atoms with Crippen LogP contribution in [0, 0.1) is 13.8 Å². The zero-order chi connectivity index (χ0) is 15.4. The van der Waals surface area contributed by atoms with Crippen LogP contribution < -0.4 is 5.32 Å². The Morgan fingerprint density at radius 1 is 1.00 bits per heavy atom. The van der Waals surface area contributed by atoms with E-state index in [1.165, 1.54) is 0 Å². The van der Waals surface area contributed by atoms with Crippen molar-refractivity contribution in [2.24, 2.45) is 0 Å². The second kappa shape index (κ2) is 6.55. The van der Waals surface area contributed by atoms with Crippen molar-refractivity contribution in [3.63, 3.8) is 0 Å². The number of amides is 1. The molecule has 0 aliphatic heterocycles. The number of ketones is 1. The molecule has 2 aromatic rings. The predicted octanol–water partition coefficient (Wildman–Crippen LogP) is 3.71. The number of rotatable bonds is 4. The highest BCUT2D eigenvalue weighted by Crippen LogP contribution is 2.17. The van der Waals surface area contributed by atoms with Crippen LogP contribution in [0.3, 0.4) is 0 Å². The molecule has 2 aromatic carbocycles. The highest BCUT2D eigenvalue weighted by atomic mass is 35.5. The Bertz CT molecular complexity index is 695. The first-order valence-corrected chi connectivity index (χ1v) is 7.12. The lowest BCUT2D eigenvalue weighted by Crippen LogP contribution is -2.13. The fraction of sp³-hybridized carbons (Fsp3) is 0.176. The first-order valence-electron chi connectivity index (χ1n) is 6.59. The number of carbonyl (C=O) groups excluding carboxylic acids is 2. The van der Waals surface area contributed by atoms with E-state index in [0.29, 0.717) is 16.8 Å². The molecule has 1 N–H and O–H groups in total. The summed E-state index contributed by atoms with van der Waals surface area (Å²) < 4.78 is 0. The molecule has 21 heavy (non-hydrogen) atoms. The Balaban J connectivity index is 2.28. The lowest BCUT2D eigenvalue weighted by molar-refractivity contribution is -0.113. The molecule has 2 rings (SSSR count). The summed E-state index contributed by atoms with van der Waals surface area (Å²) in [5.74, 6) is -0.484. The smallest absolute Gasteiger partial charge is 0.239 e. The maximum absolute atomic E-state index is 12.5. The van der Waals surface area contributed by atoms with Gasteiger partial charge in [0, 0.05) is 16.8 Å². The van der Waals surface area contributed by atoms with Crippen LogP contribution in [0.2, 0.25) is 0 Å². The van der Waals surface area contributed by atoms with Gasteiger partial charge in [-0.25, -0.2) is 0 Å². The minimum atomic E-state index is -0.299. The Kier molecular flexibility index (Phi) is 4.76. The Labute approximate surface area is 128 Å². The van der Waals surface area contributed by atoms with Crippen LogP contribution >= 0.6 is 11.6 Å². The normalized spacial score (nSPS) is 10.2. The van der Waals surface area contributed by atoms with E-state index in [1.807, 2.05) is 32.0 Å². The minimum Gasteiger partial charge on any atom is -0.325 e. The fourth-order valence-electron chi connectivity index (χ4n) is 1.98. The minimum absolute atomic E-state index is 0.0694. The second-order valence-electron chi connectivity index (χ2n) is 4.89. The molecule has 108 valence electrons. The van der Waals surface area contributed by atoms with Crippen molar-refractivity contribution in [2.75, 3.05) is 11.2 Å². The van der Waals surface area contributed by atoms with Gasteiger partial charge in [-0.3, -0.25) is 9.59 Å². The number of halogens is 1. The van der Waals surface area contributed by atoms with Gasteiger partial charge >= 0.3 is 0 Å². The van der Waals surface area contributed by atoms with Gasteiger partial charge in [-0.05, 0) is 43.2 Å². The lowest BCUT2D eigenvalue weighted by Gasteiger charge is -2.07. The highest BCUT2D eigenvalue weighted by Gasteiger charge is 2.11. The lowest BCUT2D eigenvalue weighted by atomic mass is 9.99. The molecule has 0 unspecified atom stereocenters. The van der Waals surface area contributed by atoms with E-state index < -0.39 is 0 Å². The van der Waals surface area contributed by atoms with Gasteiger partial charge in [-0.2, -0.15) is 0 Å². The summed E-state index contributed by atoms with van der Waals surface area (Å²) >= 11 is 5.45. The van der Waals surface area contributed by atoms with Crippen molar-refractivity contribution in [1.29, 1.82) is 0 Å². The summed E-state index contributed by atoms with van der Waals surface area (Å²) in [7, 11) is 0. The average Bonchev–Trinajstić information content (AvgIpc) is 2.49. The monoisotopic (exact) mass is 301 g/mol. The molecule has 0 heterocycles. The molecular weight excluding hydrogens is 286 g/mol. The van der Waals surface area contributed by atoms with Gasteiger partial charge in [-0.15, -0.1) is 11.6 Å². The summed E-state index contributed by atoms with van der Waals surface area (Å²) in [5, 5.41) is 2.64. The number of anilines is 1. The van der Waals surface area contributed by atoms with Crippen LogP contribution in [0.15, 0.2) is 42.5 Å². The van der Waals surface area contributed by atoms with Crippen LogP contribution in [0.1, 0.15) is 27.0 Å². The molecule has 0 fully saturated rings. The van der Waals surface area contributed by atoms with Crippen molar-refractivity contribution in [3.05, 3.63) is 64.7 Å². The van der Waals surface area contributed by atoms with Gasteiger partial charge in [0.15, 0.2) is 5.78 Å². The molecule has 0 atom stereocenters. The van der Waals surface area contributed by atoms with Gasteiger partial charge in [0.25, 0.3) is 0 Å². The Hall–Kier alpha value is -2.13. The van der Waals surface area contributed by atoms with Gasteiger partial charge in [-0.1, -0.05) is 24.3 Å². The maximum atomic E-state index is 12.5. The summed E-state index contributed by atoms with van der Waals surface area (Å²) in [6.45, 7) is 3.98. The quantitative estimate of drug-likeness (QED) is 0.691. The Morgan fingerprint density at radius 2 is 1.71 bits per heavy atom. The van der Waals surface area contributed by atoms with Crippen molar-refractivity contribution in [3.8, 4) is 0 Å². The summed E-state index contributed by atoms with van der Waals surface area (Å²) in [6, 6.07) is 12.5. The third kappa shape index (κ3) is 3.70. The van der Waals surface area contributed by atoms with E-state index in [1.54, 1.807) is 24.3 Å². The predicted molar refractivity (Wildman–Crippen MR) is 85.1 cm³/mol. The number of benzene rings is 2. The zero-order valence-corrected chi connectivity index (χ0v) is 12.7. The molecule has 0 bridgehead atoms. The van der Waals surface area contributed by atoms with E-state index in [4.69, 9.17) is 11.6 Å². The van der Waals surface area contributed by atoms with Crippen molar-refractivity contribution in [2.45, 2.75) is 13.8 Å². The maximum Gasteiger partial charge on any atom is 0.239 e. The topological polar surface area (TPSA) is 46.2 Å². The molecule has 0 saturated carbocycles. The number of nitrogens with one attached hydrogen (secondary N) is 1. The number of hydrogen-bond donors (Lipinski definition) is 1. The molecule has 0 radical (unpaired) electrons. The van der Waals surface area contributed by atoms with E-state index in [-0.39, 0.29) is 17.6 Å². The standard InChI is InChI=1S/C17H16ClNO2/c1-11-6-7-14(8-12(11)2)17(21)13-4-3-5-15(9-13)19-16(20)10-18/h3-9H,10H2,1-2H3,(H,19,20). The fourth-order valence-corrected chi connectivity index (χ4v) is 2.05. The van der Waals surface area contributed by atoms with Crippen LogP contribution in [-0.4, -0.2) is 17.6 Å². The van der Waals surface area contributed by atoms with E-state index >= 15 is 0 Å². The molecular formula is C17H16ClNO2. The summed E-state index contributed by atoms with van der Waals surface area (Å²) in [4.78, 5) is 23.8. The van der Waals surface area contributed by atoms with Gasteiger partial charge in [0.1, 0.15) is 5.88 Å². The van der Waals surface area contributed by atoms with E-state index in [0.717, 1.165) is 11.1 Å². The SMILES string of the molecule is Cc1ccc(C(=O)c2cccc(NC(=O)CCl)c2)cc1C. The first kappa shape index (κ1) is 15.3. The molecule has 0 aliphatic carbocycles. The molecule has 0 saturated heterocycles. The Morgan fingerprint density at radius 3 is 2.38 bits per heavy atom. The van der Waals surface area contributed by atoms with Crippen LogP contribution in [-0.2, 0) is 4.79 Å². The second-order valence-corrected chi connectivity index (χ2v) is 5.16. The van der Waals surface area contributed by atoms with Crippen LogP contribution in [0.4, 0.5) is 5.69 Å². The number of aryl methyl sites for hydroxylation is 2. The van der Waals surface area contributed by atoms with E-state index in [2.05, 4.69) is 5.32 Å². The first-order chi connectivity index (χ1) is 10.0. The summed E-state index contributed by atoms with van der Waals surface area (Å²) in [5.41, 5.74) is 3.96. The third-order valence-electron chi connectivity index (χ3n) is 3.30. The number of alkyl halides is 1. The molecule has 4 heteroatoms. The van der Waals surface area contributed by atoms with Crippen LogP contribution in [0.5, 0.6) is 0 Å². The highest BCUT2D eigenvalue weighted by molar-refractivity contribution is 6.29. The molecule has 0 spiro atoms. The average molecular weight is 302 g/mol. The van der Waals surface area contributed by atoms with Gasteiger partial charge < -0.3 is 5.32 Å². The largest absolute Gasteiger partial charge is 0.325 e. The van der Waals surface area contributed by atoms with Gasteiger partial charge in [0.05, 0.1) is 0 Å². The van der Waals surface area contributed by atoms with Gasteiger partial charge in [0.2, 0.25) is 5.91 Å². The zero-order valence-electron chi connectivity index (χ0n) is 11.9. The number of hydrogen-bond acceptors (Lipinski definition) is 2. The van der Waals surface area contributed by atoms with Crippen molar-refractivity contribution in [1.82, 2.24) is 0 Å². The number of carbonyl (C=O) groups is 2. The summed E-state index contributed by atoms with van der Waals surface area (Å²) in [6.07, 6.45) is 0. The molecule has 0 aromatic heterocycles. The molecule has 3 nitrogen and oxygen atoms in total. The van der Waals surface area contributed by atoms with Crippen molar-refractivity contribution >= 4 is 29.0 Å². The molecule has 1 amide bonds. The van der Waals surface area contributed by atoms with Crippen molar-refractivity contribution < 1.29 is 9.59 Å². The third-order valence-corrected chi connectivity index (χ3v) is 3.54.